The van der Waals surface area contributed by atoms with Crippen LogP contribution in [0.25, 0.3) is 0 Å². The molecule has 2 aromatic carbocycles. The Bertz CT molecular complexity index is 569. The average Bonchev–Trinajstić information content (AvgIpc) is 2.51. The molecule has 1 heterocycles. The van der Waals surface area contributed by atoms with Gasteiger partial charge in [0.2, 0.25) is 0 Å². The number of benzene rings is 2. The fraction of sp³-hybridized carbons (Fsp3) is 0.333. The Morgan fingerprint density at radius 1 is 0.857 bits per heavy atom. The molecular weight excluding hydrogens is 280 g/mol. The quantitative estimate of drug-likeness (QED) is 0.846. The second kappa shape index (κ2) is 6.50. The van der Waals surface area contributed by atoms with Gasteiger partial charge in [-0.2, -0.15) is 0 Å². The Balaban J connectivity index is 1.55. The van der Waals surface area contributed by atoms with E-state index in [9.17, 15) is 0 Å². The molecule has 0 aromatic heterocycles. The summed E-state index contributed by atoms with van der Waals surface area (Å²) >= 11 is 5.95. The highest BCUT2D eigenvalue weighted by molar-refractivity contribution is 6.30. The molecule has 1 aliphatic rings. The molecule has 2 nitrogen and oxygen atoms in total. The van der Waals surface area contributed by atoms with Crippen LogP contribution in [0.15, 0.2) is 48.5 Å². The molecule has 1 aliphatic heterocycles. The number of halogens is 1. The SMILES string of the molecule is Cc1ccc(CN2CCN(c3ccc(Cl)cc3)CC2)cc1. The van der Waals surface area contributed by atoms with E-state index in [1.165, 1.54) is 16.8 Å². The van der Waals surface area contributed by atoms with Crippen molar-refractivity contribution in [1.29, 1.82) is 0 Å². The van der Waals surface area contributed by atoms with Crippen molar-refractivity contribution in [2.24, 2.45) is 0 Å². The first-order valence-electron chi connectivity index (χ1n) is 7.49. The van der Waals surface area contributed by atoms with Crippen molar-refractivity contribution in [3.8, 4) is 0 Å². The van der Waals surface area contributed by atoms with Gasteiger partial charge >= 0.3 is 0 Å². The third-order valence-corrected chi connectivity index (χ3v) is 4.34. The van der Waals surface area contributed by atoms with Crippen molar-refractivity contribution in [2.75, 3.05) is 31.1 Å². The van der Waals surface area contributed by atoms with Crippen LogP contribution in [0.4, 0.5) is 5.69 Å². The molecular formula is C18H21ClN2. The molecule has 0 radical (unpaired) electrons. The van der Waals surface area contributed by atoms with Crippen LogP contribution in [0.3, 0.4) is 0 Å². The fourth-order valence-corrected chi connectivity index (χ4v) is 2.89. The summed E-state index contributed by atoms with van der Waals surface area (Å²) in [5.41, 5.74) is 4.00. The molecule has 0 aliphatic carbocycles. The molecule has 0 atom stereocenters. The normalized spacial score (nSPS) is 16.2. The second-order valence-corrected chi connectivity index (χ2v) is 6.16. The predicted octanol–water partition coefficient (Wildman–Crippen LogP) is 3.97. The van der Waals surface area contributed by atoms with E-state index in [4.69, 9.17) is 11.6 Å². The number of hydrogen-bond acceptors (Lipinski definition) is 2. The van der Waals surface area contributed by atoms with Crippen LogP contribution in [0, 0.1) is 6.92 Å². The van der Waals surface area contributed by atoms with E-state index in [1.54, 1.807) is 0 Å². The molecule has 1 fully saturated rings. The van der Waals surface area contributed by atoms with E-state index in [0.29, 0.717) is 0 Å². The summed E-state index contributed by atoms with van der Waals surface area (Å²) in [5, 5.41) is 0.803. The third kappa shape index (κ3) is 3.78. The van der Waals surface area contributed by atoms with Gasteiger partial charge in [-0.25, -0.2) is 0 Å². The second-order valence-electron chi connectivity index (χ2n) is 5.73. The number of rotatable bonds is 3. The third-order valence-electron chi connectivity index (χ3n) is 4.09. The Morgan fingerprint density at radius 3 is 2.10 bits per heavy atom. The minimum absolute atomic E-state index is 0.803. The minimum atomic E-state index is 0.803. The van der Waals surface area contributed by atoms with E-state index in [1.807, 2.05) is 12.1 Å². The average molecular weight is 301 g/mol. The zero-order valence-electron chi connectivity index (χ0n) is 12.4. The number of nitrogens with zero attached hydrogens (tertiary/aromatic N) is 2. The van der Waals surface area contributed by atoms with Gasteiger partial charge in [0, 0.05) is 43.4 Å². The first kappa shape index (κ1) is 14.4. The van der Waals surface area contributed by atoms with Crippen LogP contribution in [-0.2, 0) is 6.54 Å². The maximum absolute atomic E-state index is 5.95. The molecule has 3 rings (SSSR count). The van der Waals surface area contributed by atoms with E-state index >= 15 is 0 Å². The zero-order chi connectivity index (χ0) is 14.7. The Hall–Kier alpha value is -1.51. The summed E-state index contributed by atoms with van der Waals surface area (Å²) in [6, 6.07) is 17.0. The van der Waals surface area contributed by atoms with E-state index < -0.39 is 0 Å². The van der Waals surface area contributed by atoms with E-state index in [0.717, 1.165) is 37.7 Å². The van der Waals surface area contributed by atoms with E-state index in [2.05, 4.69) is 53.1 Å². The molecule has 110 valence electrons. The Morgan fingerprint density at radius 2 is 1.48 bits per heavy atom. The summed E-state index contributed by atoms with van der Waals surface area (Å²) in [7, 11) is 0. The van der Waals surface area contributed by atoms with Crippen LogP contribution in [0.5, 0.6) is 0 Å². The van der Waals surface area contributed by atoms with Gasteiger partial charge in [0.15, 0.2) is 0 Å². The molecule has 0 bridgehead atoms. The lowest BCUT2D eigenvalue weighted by Crippen LogP contribution is -2.45. The van der Waals surface area contributed by atoms with Crippen molar-refractivity contribution < 1.29 is 0 Å². The van der Waals surface area contributed by atoms with Gasteiger partial charge in [0.1, 0.15) is 0 Å². The van der Waals surface area contributed by atoms with Crippen LogP contribution >= 0.6 is 11.6 Å². The van der Waals surface area contributed by atoms with Crippen LogP contribution in [0.2, 0.25) is 5.02 Å². The first-order chi connectivity index (χ1) is 10.2. The lowest BCUT2D eigenvalue weighted by atomic mass is 10.1. The van der Waals surface area contributed by atoms with Gasteiger partial charge in [-0.15, -0.1) is 0 Å². The van der Waals surface area contributed by atoms with Crippen LogP contribution in [0.1, 0.15) is 11.1 Å². The summed E-state index contributed by atoms with van der Waals surface area (Å²) in [6.07, 6.45) is 0. The minimum Gasteiger partial charge on any atom is -0.369 e. The Labute approximate surface area is 131 Å². The number of piperazine rings is 1. The van der Waals surface area contributed by atoms with Gasteiger partial charge in [-0.3, -0.25) is 4.90 Å². The summed E-state index contributed by atoms with van der Waals surface area (Å²) < 4.78 is 0. The molecule has 21 heavy (non-hydrogen) atoms. The molecule has 0 N–H and O–H groups in total. The topological polar surface area (TPSA) is 6.48 Å². The van der Waals surface area contributed by atoms with Gasteiger partial charge in [-0.05, 0) is 36.8 Å². The maximum Gasteiger partial charge on any atom is 0.0407 e. The largest absolute Gasteiger partial charge is 0.369 e. The predicted molar refractivity (Wildman–Crippen MR) is 90.1 cm³/mol. The summed E-state index contributed by atoms with van der Waals surface area (Å²) in [6.45, 7) is 7.55. The molecule has 0 spiro atoms. The molecule has 1 saturated heterocycles. The van der Waals surface area contributed by atoms with Crippen molar-refractivity contribution in [3.05, 3.63) is 64.7 Å². The van der Waals surface area contributed by atoms with E-state index in [-0.39, 0.29) is 0 Å². The highest BCUT2D eigenvalue weighted by Crippen LogP contribution is 2.20. The molecule has 0 unspecified atom stereocenters. The van der Waals surface area contributed by atoms with Crippen molar-refractivity contribution in [2.45, 2.75) is 13.5 Å². The van der Waals surface area contributed by atoms with Gasteiger partial charge in [0.05, 0.1) is 0 Å². The highest BCUT2D eigenvalue weighted by Gasteiger charge is 2.17. The van der Waals surface area contributed by atoms with Gasteiger partial charge in [0.25, 0.3) is 0 Å². The van der Waals surface area contributed by atoms with Crippen molar-refractivity contribution in [3.63, 3.8) is 0 Å². The molecule has 0 saturated carbocycles. The monoisotopic (exact) mass is 300 g/mol. The standard InChI is InChI=1S/C18H21ClN2/c1-15-2-4-16(5-3-15)14-20-10-12-21(13-11-20)18-8-6-17(19)7-9-18/h2-9H,10-14H2,1H3. The molecule has 3 heteroatoms. The van der Waals surface area contributed by atoms with Crippen molar-refractivity contribution >= 4 is 17.3 Å². The smallest absolute Gasteiger partial charge is 0.0407 e. The maximum atomic E-state index is 5.95. The Kier molecular flexibility index (Phi) is 4.47. The molecule has 0 amide bonds. The zero-order valence-corrected chi connectivity index (χ0v) is 13.2. The lowest BCUT2D eigenvalue weighted by molar-refractivity contribution is 0.250. The number of aryl methyl sites for hydroxylation is 1. The molecule has 2 aromatic rings. The van der Waals surface area contributed by atoms with Crippen LogP contribution < -0.4 is 4.90 Å². The van der Waals surface area contributed by atoms with Gasteiger partial charge in [-0.1, -0.05) is 41.4 Å². The van der Waals surface area contributed by atoms with Crippen LogP contribution in [-0.4, -0.2) is 31.1 Å². The lowest BCUT2D eigenvalue weighted by Gasteiger charge is -2.36. The first-order valence-corrected chi connectivity index (χ1v) is 7.87. The van der Waals surface area contributed by atoms with Crippen molar-refractivity contribution in [1.82, 2.24) is 4.90 Å². The number of hydrogen-bond donors (Lipinski definition) is 0. The van der Waals surface area contributed by atoms with Gasteiger partial charge < -0.3 is 4.90 Å². The fourth-order valence-electron chi connectivity index (χ4n) is 2.77. The summed E-state index contributed by atoms with van der Waals surface area (Å²) in [4.78, 5) is 4.96. The number of anilines is 1. The summed E-state index contributed by atoms with van der Waals surface area (Å²) in [5.74, 6) is 0. The highest BCUT2D eigenvalue weighted by atomic mass is 35.5.